The minimum Gasteiger partial charge on any atom is -0.460 e. The normalized spacial score (nSPS) is 26.9. The summed E-state index contributed by atoms with van der Waals surface area (Å²) in [5.41, 5.74) is -0.328. The van der Waals surface area contributed by atoms with Gasteiger partial charge in [0.25, 0.3) is 0 Å². The second kappa shape index (κ2) is 6.50. The number of ether oxygens (including phenoxy) is 3. The second-order valence-corrected chi connectivity index (χ2v) is 5.84. The van der Waals surface area contributed by atoms with Crippen molar-refractivity contribution in [2.45, 2.75) is 78.7 Å². The van der Waals surface area contributed by atoms with E-state index in [1.54, 1.807) is 13.8 Å². The molecule has 0 bridgehead atoms. The fourth-order valence-electron chi connectivity index (χ4n) is 1.65. The molecule has 0 saturated carbocycles. The Hall–Kier alpha value is -0.650. The summed E-state index contributed by atoms with van der Waals surface area (Å²) in [7, 11) is 0. The van der Waals surface area contributed by atoms with Crippen molar-refractivity contribution in [3.63, 3.8) is 0 Å². The van der Waals surface area contributed by atoms with Gasteiger partial charge in [-0.1, -0.05) is 0 Å². The molecule has 1 heterocycles. The first-order chi connectivity index (χ1) is 7.91. The highest BCUT2D eigenvalue weighted by molar-refractivity contribution is 5.66. The van der Waals surface area contributed by atoms with Crippen LogP contribution in [0.5, 0.6) is 0 Å². The van der Waals surface area contributed by atoms with E-state index in [4.69, 9.17) is 19.3 Å². The Morgan fingerprint density at radius 1 is 1.33 bits per heavy atom. The van der Waals surface area contributed by atoms with Crippen molar-refractivity contribution >= 4 is 5.97 Å². The molecule has 1 rings (SSSR count). The number of esters is 1. The average Bonchev–Trinajstić information content (AvgIpc) is 1.92. The summed E-state index contributed by atoms with van der Waals surface area (Å²) < 4.78 is 15.2. The van der Waals surface area contributed by atoms with E-state index in [1.165, 1.54) is 6.92 Å². The van der Waals surface area contributed by atoms with E-state index >= 15 is 0 Å². The molecule has 0 aromatic heterocycles. The minimum absolute atomic E-state index is 0.0822. The summed E-state index contributed by atoms with van der Waals surface area (Å²) in [4.78, 5) is 10.2. The molecule has 5 nitrogen and oxygen atoms in total. The van der Waals surface area contributed by atoms with E-state index in [2.05, 4.69) is 0 Å². The molecular weight excluding hydrogens is 236 g/mol. The molecule has 5 heteroatoms. The highest BCUT2D eigenvalue weighted by atomic mass is 16.8. The maximum absolute atomic E-state index is 10.2. The molecule has 2 unspecified atom stereocenters. The highest BCUT2D eigenvalue weighted by Crippen LogP contribution is 2.24. The van der Waals surface area contributed by atoms with Gasteiger partial charge >= 0.3 is 5.97 Å². The molecule has 1 fully saturated rings. The fraction of sp³-hybridized carbons (Fsp3) is 0.923. The molecule has 0 aromatic carbocycles. The molecule has 18 heavy (non-hydrogen) atoms. The van der Waals surface area contributed by atoms with Gasteiger partial charge in [-0.15, -0.1) is 0 Å². The predicted molar refractivity (Wildman–Crippen MR) is 67.9 cm³/mol. The summed E-state index contributed by atoms with van der Waals surface area (Å²) in [6.45, 7) is 12.5. The first-order valence-corrected chi connectivity index (χ1v) is 6.14. The number of aliphatic hydroxyl groups is 1. The number of aliphatic hydroxyl groups excluding tert-OH is 1. The zero-order chi connectivity index (χ0) is 14.6. The summed E-state index contributed by atoms with van der Waals surface area (Å²) in [5, 5.41) is 9.11. The van der Waals surface area contributed by atoms with E-state index < -0.39 is 12.1 Å². The van der Waals surface area contributed by atoms with Crippen LogP contribution < -0.4 is 0 Å². The Morgan fingerprint density at radius 3 is 2.06 bits per heavy atom. The molecule has 2 atom stereocenters. The third-order valence-corrected chi connectivity index (χ3v) is 1.89. The van der Waals surface area contributed by atoms with Gasteiger partial charge in [0, 0.05) is 13.3 Å². The van der Waals surface area contributed by atoms with Crippen LogP contribution in [0.3, 0.4) is 0 Å². The van der Waals surface area contributed by atoms with Crippen molar-refractivity contribution in [1.29, 1.82) is 0 Å². The molecule has 1 N–H and O–H groups in total. The molecule has 108 valence electrons. The van der Waals surface area contributed by atoms with Gasteiger partial charge in [-0.25, -0.2) is 0 Å². The van der Waals surface area contributed by atoms with Crippen LogP contribution in [0.1, 0.15) is 54.9 Å². The Bertz CT molecular complexity index is 255. The first-order valence-electron chi connectivity index (χ1n) is 6.14. The van der Waals surface area contributed by atoms with Crippen LogP contribution in [0.15, 0.2) is 0 Å². The zero-order valence-corrected chi connectivity index (χ0v) is 12.4. The topological polar surface area (TPSA) is 65.0 Å². The Labute approximate surface area is 109 Å². The van der Waals surface area contributed by atoms with E-state index in [1.807, 2.05) is 27.7 Å². The summed E-state index contributed by atoms with van der Waals surface area (Å²) in [5.74, 6) is -0.852. The first kappa shape index (κ1) is 17.4. The van der Waals surface area contributed by atoms with Crippen LogP contribution in [0.25, 0.3) is 0 Å². The van der Waals surface area contributed by atoms with E-state index in [0.717, 1.165) is 0 Å². The molecule has 1 saturated heterocycles. The number of hydrogen-bond donors (Lipinski definition) is 1. The number of hydrogen-bond acceptors (Lipinski definition) is 5. The van der Waals surface area contributed by atoms with Gasteiger partial charge in [0.1, 0.15) is 5.60 Å². The third-order valence-electron chi connectivity index (χ3n) is 1.89. The van der Waals surface area contributed by atoms with E-state index in [9.17, 15) is 4.79 Å². The van der Waals surface area contributed by atoms with Gasteiger partial charge < -0.3 is 19.3 Å². The Kier molecular flexibility index (Phi) is 6.26. The lowest BCUT2D eigenvalue weighted by molar-refractivity contribution is -0.338. The van der Waals surface area contributed by atoms with Gasteiger partial charge in [0.2, 0.25) is 0 Å². The fourth-order valence-corrected chi connectivity index (χ4v) is 1.65. The van der Waals surface area contributed by atoms with Crippen molar-refractivity contribution in [3.05, 3.63) is 0 Å². The molecule has 0 aliphatic carbocycles. The average molecular weight is 262 g/mol. The largest absolute Gasteiger partial charge is 0.460 e. The van der Waals surface area contributed by atoms with Crippen LogP contribution in [0, 0.1) is 0 Å². The third kappa shape index (κ3) is 9.39. The van der Waals surface area contributed by atoms with Crippen LogP contribution in [0.2, 0.25) is 0 Å². The number of rotatable bonds is 0. The maximum atomic E-state index is 10.2. The smallest absolute Gasteiger partial charge is 0.303 e. The summed E-state index contributed by atoms with van der Waals surface area (Å²) >= 11 is 0. The van der Waals surface area contributed by atoms with Crippen LogP contribution in [-0.4, -0.2) is 34.9 Å². The molecule has 0 aromatic rings. The van der Waals surface area contributed by atoms with Crippen molar-refractivity contribution < 1.29 is 24.1 Å². The quantitative estimate of drug-likeness (QED) is 0.678. The van der Waals surface area contributed by atoms with Gasteiger partial charge in [0.15, 0.2) is 12.1 Å². The maximum Gasteiger partial charge on any atom is 0.303 e. The number of carbonyl (C=O) groups excluding carboxylic acids is 1. The van der Waals surface area contributed by atoms with Gasteiger partial charge in [-0.2, -0.15) is 0 Å². The monoisotopic (exact) mass is 262 g/mol. The molecule has 1 aliphatic rings. The lowest BCUT2D eigenvalue weighted by Gasteiger charge is -2.37. The van der Waals surface area contributed by atoms with Gasteiger partial charge in [-0.05, 0) is 41.5 Å². The van der Waals surface area contributed by atoms with Crippen LogP contribution in [-0.2, 0) is 19.0 Å². The van der Waals surface area contributed by atoms with Crippen LogP contribution >= 0.6 is 0 Å². The van der Waals surface area contributed by atoms with E-state index in [-0.39, 0.29) is 17.7 Å². The molecule has 0 spiro atoms. The van der Waals surface area contributed by atoms with Crippen molar-refractivity contribution in [2.24, 2.45) is 0 Å². The number of carbonyl (C=O) groups is 1. The predicted octanol–water partition coefficient (Wildman–Crippen LogP) is 2.21. The van der Waals surface area contributed by atoms with E-state index in [0.29, 0.717) is 6.42 Å². The highest BCUT2D eigenvalue weighted by Gasteiger charge is 2.32. The van der Waals surface area contributed by atoms with Crippen molar-refractivity contribution in [1.82, 2.24) is 0 Å². The summed E-state index contributed by atoms with van der Waals surface area (Å²) in [6, 6.07) is 0. The molecule has 0 radical (unpaired) electrons. The zero-order valence-electron chi connectivity index (χ0n) is 12.4. The van der Waals surface area contributed by atoms with Crippen molar-refractivity contribution in [2.75, 3.05) is 0 Å². The molecule has 1 aliphatic heterocycles. The van der Waals surface area contributed by atoms with Crippen LogP contribution in [0.4, 0.5) is 0 Å². The summed E-state index contributed by atoms with van der Waals surface area (Å²) in [6.07, 6.45) is -0.0267. The second-order valence-electron chi connectivity index (χ2n) is 5.84. The Balaban J connectivity index is 0.000000331. The lowest BCUT2D eigenvalue weighted by atomic mass is 10.2. The molecular formula is C13H26O5. The standard InChI is InChI=1S/C7H14O3.C6H12O2/c1-5-4-6(8)10-7(2,3)9-5;1-5(7)8-6(2,3)4/h5-6,8H,4H2,1-3H3;1-4H3. The SMILES string of the molecule is CC(=O)OC(C)(C)C.CC1CC(O)OC(C)(C)O1. The van der Waals surface area contributed by atoms with Gasteiger partial charge in [0.05, 0.1) is 6.10 Å². The minimum atomic E-state index is -0.668. The van der Waals surface area contributed by atoms with Crippen molar-refractivity contribution in [3.8, 4) is 0 Å². The van der Waals surface area contributed by atoms with Gasteiger partial charge in [-0.3, -0.25) is 4.79 Å². The molecule has 0 amide bonds. The lowest BCUT2D eigenvalue weighted by Crippen LogP contribution is -2.43. The Morgan fingerprint density at radius 2 is 1.83 bits per heavy atom.